The maximum atomic E-state index is 12.7. The quantitative estimate of drug-likeness (QED) is 0.580. The Kier molecular flexibility index (Phi) is 6.44. The van der Waals surface area contributed by atoms with Crippen molar-refractivity contribution in [1.82, 2.24) is 9.88 Å². The van der Waals surface area contributed by atoms with E-state index in [0.717, 1.165) is 10.4 Å². The van der Waals surface area contributed by atoms with Crippen LogP contribution < -0.4 is 9.47 Å². The zero-order chi connectivity index (χ0) is 19.1. The van der Waals surface area contributed by atoms with Gasteiger partial charge in [-0.15, -0.1) is 11.3 Å². The lowest BCUT2D eigenvalue weighted by Gasteiger charge is -2.21. The molecule has 27 heavy (non-hydrogen) atoms. The van der Waals surface area contributed by atoms with E-state index in [1.54, 1.807) is 47.9 Å². The molecule has 2 aromatic heterocycles. The minimum absolute atomic E-state index is 0.0168. The summed E-state index contributed by atoms with van der Waals surface area (Å²) in [5.74, 6) is 1.34. The molecular weight excluding hydrogens is 360 g/mol. The molecule has 1 aromatic carbocycles. The molecule has 0 aliphatic rings. The van der Waals surface area contributed by atoms with Gasteiger partial charge in [0.05, 0.1) is 7.11 Å². The van der Waals surface area contributed by atoms with Crippen LogP contribution in [0.4, 0.5) is 0 Å². The van der Waals surface area contributed by atoms with E-state index < -0.39 is 0 Å². The Morgan fingerprint density at radius 2 is 1.96 bits per heavy atom. The van der Waals surface area contributed by atoms with Crippen molar-refractivity contribution in [2.24, 2.45) is 0 Å². The average Bonchev–Trinajstić information content (AvgIpc) is 3.24. The fraction of sp³-hybridized carbons (Fsp3) is 0.238. The fourth-order valence-electron chi connectivity index (χ4n) is 2.70. The number of amides is 1. The number of ether oxygens (including phenoxy) is 2. The summed E-state index contributed by atoms with van der Waals surface area (Å²) in [5, 5.41) is 2.03. The van der Waals surface area contributed by atoms with Crippen molar-refractivity contribution in [3.63, 3.8) is 0 Å². The molecule has 3 aromatic rings. The second kappa shape index (κ2) is 9.19. The highest BCUT2D eigenvalue weighted by Crippen LogP contribution is 2.30. The molecule has 0 spiro atoms. The number of thiophene rings is 1. The molecule has 0 radical (unpaired) electrons. The summed E-state index contributed by atoms with van der Waals surface area (Å²) in [6.45, 7) is 3.59. The largest absolute Gasteiger partial charge is 0.493 e. The normalized spacial score (nSPS) is 10.4. The van der Waals surface area contributed by atoms with Gasteiger partial charge in [-0.1, -0.05) is 12.1 Å². The number of pyridine rings is 1. The number of methoxy groups -OCH3 is 1. The summed E-state index contributed by atoms with van der Waals surface area (Å²) < 4.78 is 11.4. The summed E-state index contributed by atoms with van der Waals surface area (Å²) in [4.78, 5) is 19.6. The first kappa shape index (κ1) is 18.9. The van der Waals surface area contributed by atoms with Crippen molar-refractivity contribution >= 4 is 17.2 Å². The lowest BCUT2D eigenvalue weighted by Crippen LogP contribution is -2.30. The molecule has 0 fully saturated rings. The van der Waals surface area contributed by atoms with E-state index in [1.807, 2.05) is 42.6 Å². The first-order chi connectivity index (χ1) is 13.2. The molecule has 0 saturated carbocycles. The van der Waals surface area contributed by atoms with Crippen LogP contribution in [0.3, 0.4) is 0 Å². The third-order valence-electron chi connectivity index (χ3n) is 4.15. The second-order valence-corrected chi connectivity index (χ2v) is 6.94. The van der Waals surface area contributed by atoms with Crippen molar-refractivity contribution in [3.05, 3.63) is 76.2 Å². The summed E-state index contributed by atoms with van der Waals surface area (Å²) >= 11 is 1.66. The van der Waals surface area contributed by atoms with E-state index in [4.69, 9.17) is 9.47 Å². The predicted octanol–water partition coefficient (Wildman–Crippen LogP) is 4.39. The Morgan fingerprint density at radius 1 is 1.15 bits per heavy atom. The van der Waals surface area contributed by atoms with Gasteiger partial charge in [0, 0.05) is 35.9 Å². The predicted molar refractivity (Wildman–Crippen MR) is 106 cm³/mol. The van der Waals surface area contributed by atoms with E-state index >= 15 is 0 Å². The van der Waals surface area contributed by atoms with Gasteiger partial charge in [0.25, 0.3) is 5.91 Å². The summed E-state index contributed by atoms with van der Waals surface area (Å²) in [6, 6.07) is 13.3. The highest BCUT2D eigenvalue weighted by Gasteiger charge is 2.15. The Morgan fingerprint density at radius 3 is 2.63 bits per heavy atom. The lowest BCUT2D eigenvalue weighted by molar-refractivity contribution is 0.0752. The Labute approximate surface area is 163 Å². The number of hydrogen-bond donors (Lipinski definition) is 0. The summed E-state index contributed by atoms with van der Waals surface area (Å²) in [6.07, 6.45) is 3.26. The zero-order valence-electron chi connectivity index (χ0n) is 15.4. The van der Waals surface area contributed by atoms with Gasteiger partial charge >= 0.3 is 0 Å². The molecule has 0 unspecified atom stereocenters. The second-order valence-electron chi connectivity index (χ2n) is 5.91. The SMILES string of the molecule is CCN(Cc1ccc(OCc2cccs2)c(OC)c1)C(=O)c1ccncc1. The van der Waals surface area contributed by atoms with Gasteiger partial charge in [-0.3, -0.25) is 9.78 Å². The highest BCUT2D eigenvalue weighted by molar-refractivity contribution is 7.09. The molecule has 6 heteroatoms. The molecular formula is C21H22N2O3S. The third-order valence-corrected chi connectivity index (χ3v) is 5.00. The molecule has 2 heterocycles. The van der Waals surface area contributed by atoms with Crippen LogP contribution in [0.25, 0.3) is 0 Å². The minimum atomic E-state index is -0.0168. The summed E-state index contributed by atoms with van der Waals surface area (Å²) in [7, 11) is 1.62. The van der Waals surface area contributed by atoms with Gasteiger partial charge in [0.2, 0.25) is 0 Å². The molecule has 5 nitrogen and oxygen atoms in total. The van der Waals surface area contributed by atoms with Gasteiger partial charge in [-0.2, -0.15) is 0 Å². The fourth-order valence-corrected chi connectivity index (χ4v) is 3.31. The Balaban J connectivity index is 1.71. The maximum absolute atomic E-state index is 12.7. The molecule has 0 bridgehead atoms. The van der Waals surface area contributed by atoms with Crippen molar-refractivity contribution in [3.8, 4) is 11.5 Å². The van der Waals surface area contributed by atoms with Crippen LogP contribution in [0.1, 0.15) is 27.7 Å². The average molecular weight is 382 g/mol. The van der Waals surface area contributed by atoms with E-state index in [0.29, 0.717) is 36.8 Å². The Hall–Kier alpha value is -2.86. The van der Waals surface area contributed by atoms with Gasteiger partial charge in [0.1, 0.15) is 6.61 Å². The Bertz CT molecular complexity index is 866. The van der Waals surface area contributed by atoms with Crippen LogP contribution in [-0.2, 0) is 13.2 Å². The number of nitrogens with zero attached hydrogens (tertiary/aromatic N) is 2. The van der Waals surface area contributed by atoms with Gasteiger partial charge in [-0.05, 0) is 48.2 Å². The van der Waals surface area contributed by atoms with Crippen LogP contribution in [0.2, 0.25) is 0 Å². The van der Waals surface area contributed by atoms with Crippen molar-refractivity contribution in [2.75, 3.05) is 13.7 Å². The number of hydrogen-bond acceptors (Lipinski definition) is 5. The van der Waals surface area contributed by atoms with Crippen molar-refractivity contribution < 1.29 is 14.3 Å². The van der Waals surface area contributed by atoms with Gasteiger partial charge in [0.15, 0.2) is 11.5 Å². The molecule has 0 atom stereocenters. The van der Waals surface area contributed by atoms with Crippen LogP contribution in [-0.4, -0.2) is 29.4 Å². The molecule has 0 saturated heterocycles. The van der Waals surface area contributed by atoms with E-state index in [-0.39, 0.29) is 5.91 Å². The highest BCUT2D eigenvalue weighted by atomic mass is 32.1. The molecule has 0 N–H and O–H groups in total. The summed E-state index contributed by atoms with van der Waals surface area (Å²) in [5.41, 5.74) is 1.62. The smallest absolute Gasteiger partial charge is 0.254 e. The van der Waals surface area contributed by atoms with Gasteiger partial charge < -0.3 is 14.4 Å². The van der Waals surface area contributed by atoms with Crippen LogP contribution >= 0.6 is 11.3 Å². The van der Waals surface area contributed by atoms with Crippen molar-refractivity contribution in [1.29, 1.82) is 0 Å². The van der Waals surface area contributed by atoms with Crippen molar-refractivity contribution in [2.45, 2.75) is 20.1 Å². The molecule has 140 valence electrons. The molecule has 3 rings (SSSR count). The molecule has 0 aliphatic heterocycles. The maximum Gasteiger partial charge on any atom is 0.254 e. The van der Waals surface area contributed by atoms with E-state index in [1.165, 1.54) is 0 Å². The lowest BCUT2D eigenvalue weighted by atomic mass is 10.1. The molecule has 0 aliphatic carbocycles. The third kappa shape index (κ3) is 4.86. The minimum Gasteiger partial charge on any atom is -0.493 e. The van der Waals surface area contributed by atoms with Gasteiger partial charge in [-0.25, -0.2) is 0 Å². The standard InChI is InChI=1S/C21H22N2O3S/c1-3-23(21(24)17-8-10-22-11-9-17)14-16-6-7-19(20(13-16)25-2)26-15-18-5-4-12-27-18/h4-13H,3,14-15H2,1-2H3. The van der Waals surface area contributed by atoms with E-state index in [9.17, 15) is 4.79 Å². The van der Waals surface area contributed by atoms with Crippen LogP contribution in [0, 0.1) is 0 Å². The number of carbonyl (C=O) groups is 1. The number of benzene rings is 1. The van der Waals surface area contributed by atoms with Crippen LogP contribution in [0.15, 0.2) is 60.2 Å². The first-order valence-corrected chi connectivity index (χ1v) is 9.60. The molecule has 1 amide bonds. The first-order valence-electron chi connectivity index (χ1n) is 8.72. The zero-order valence-corrected chi connectivity index (χ0v) is 16.2. The number of aromatic nitrogens is 1. The van der Waals surface area contributed by atoms with E-state index in [2.05, 4.69) is 4.98 Å². The monoisotopic (exact) mass is 382 g/mol. The topological polar surface area (TPSA) is 51.7 Å². The number of rotatable bonds is 8. The number of carbonyl (C=O) groups excluding carboxylic acids is 1. The van der Waals surface area contributed by atoms with Crippen LogP contribution in [0.5, 0.6) is 11.5 Å².